The highest BCUT2D eigenvalue weighted by Crippen LogP contribution is 2.19. The Hall–Kier alpha value is -0.110. The molecule has 0 saturated heterocycles. The van der Waals surface area contributed by atoms with Gasteiger partial charge in [-0.2, -0.15) is 13.2 Å². The standard InChI is InChI=1S/C11H16BrF3N2S/c1-2-17(8-11(13,14)15)4-3-16-6-10-5-9(12)7-18-10/h5,7,16H,2-4,6,8H2,1H3. The number of hydrogen-bond acceptors (Lipinski definition) is 3. The first kappa shape index (κ1) is 15.9. The molecular weight excluding hydrogens is 329 g/mol. The third kappa shape index (κ3) is 6.72. The first-order chi connectivity index (χ1) is 8.40. The quantitative estimate of drug-likeness (QED) is 0.761. The van der Waals surface area contributed by atoms with Crippen LogP contribution in [0.1, 0.15) is 11.8 Å². The van der Waals surface area contributed by atoms with Crippen molar-refractivity contribution in [2.45, 2.75) is 19.6 Å². The van der Waals surface area contributed by atoms with Crippen LogP contribution in [0.2, 0.25) is 0 Å². The fourth-order valence-electron chi connectivity index (χ4n) is 1.50. The lowest BCUT2D eigenvalue weighted by Crippen LogP contribution is -2.38. The number of alkyl halides is 3. The Morgan fingerprint density at radius 3 is 2.67 bits per heavy atom. The largest absolute Gasteiger partial charge is 0.401 e. The maximum Gasteiger partial charge on any atom is 0.401 e. The first-order valence-corrected chi connectivity index (χ1v) is 7.30. The van der Waals surface area contributed by atoms with Crippen LogP contribution in [-0.4, -0.2) is 37.3 Å². The van der Waals surface area contributed by atoms with Crippen LogP contribution < -0.4 is 5.32 Å². The summed E-state index contributed by atoms with van der Waals surface area (Å²) in [5.74, 6) is 0. The third-order valence-corrected chi connectivity index (χ3v) is 4.07. The summed E-state index contributed by atoms with van der Waals surface area (Å²) in [4.78, 5) is 2.55. The maximum absolute atomic E-state index is 12.2. The van der Waals surface area contributed by atoms with Crippen LogP contribution in [0.25, 0.3) is 0 Å². The predicted molar refractivity (Wildman–Crippen MR) is 71.9 cm³/mol. The SMILES string of the molecule is CCN(CCNCc1cc(Br)cs1)CC(F)(F)F. The molecule has 1 aromatic heterocycles. The van der Waals surface area contributed by atoms with Crippen molar-refractivity contribution in [3.63, 3.8) is 0 Å². The van der Waals surface area contributed by atoms with E-state index >= 15 is 0 Å². The zero-order chi connectivity index (χ0) is 13.6. The Morgan fingerprint density at radius 2 is 2.17 bits per heavy atom. The number of likely N-dealkylation sites (N-methyl/N-ethyl adjacent to an activating group) is 1. The summed E-state index contributed by atoms with van der Waals surface area (Å²) in [7, 11) is 0. The van der Waals surface area contributed by atoms with Gasteiger partial charge in [0.05, 0.1) is 6.54 Å². The van der Waals surface area contributed by atoms with Crippen molar-refractivity contribution in [2.75, 3.05) is 26.2 Å². The Kier molecular flexibility index (Phi) is 6.62. The molecule has 0 aromatic carbocycles. The normalized spacial score (nSPS) is 12.3. The van der Waals surface area contributed by atoms with Crippen LogP contribution in [0.4, 0.5) is 13.2 Å². The molecule has 1 N–H and O–H groups in total. The van der Waals surface area contributed by atoms with E-state index < -0.39 is 12.7 Å². The number of halogens is 4. The Balaban J connectivity index is 2.19. The molecule has 1 rings (SSSR count). The van der Waals surface area contributed by atoms with E-state index in [2.05, 4.69) is 21.2 Å². The molecule has 0 aliphatic heterocycles. The topological polar surface area (TPSA) is 15.3 Å². The Bertz CT molecular complexity index is 354. The van der Waals surface area contributed by atoms with Crippen molar-refractivity contribution >= 4 is 27.3 Å². The molecule has 0 unspecified atom stereocenters. The molecule has 0 atom stereocenters. The van der Waals surface area contributed by atoms with Crippen LogP contribution in [0.5, 0.6) is 0 Å². The number of hydrogen-bond donors (Lipinski definition) is 1. The lowest BCUT2D eigenvalue weighted by Gasteiger charge is -2.21. The lowest BCUT2D eigenvalue weighted by atomic mass is 10.4. The van der Waals surface area contributed by atoms with Gasteiger partial charge < -0.3 is 5.32 Å². The number of thiophene rings is 1. The summed E-state index contributed by atoms with van der Waals surface area (Å²) in [5, 5.41) is 5.13. The van der Waals surface area contributed by atoms with Crippen molar-refractivity contribution in [3.8, 4) is 0 Å². The smallest absolute Gasteiger partial charge is 0.311 e. The van der Waals surface area contributed by atoms with E-state index in [4.69, 9.17) is 0 Å². The van der Waals surface area contributed by atoms with Gasteiger partial charge in [-0.05, 0) is 28.5 Å². The molecule has 0 aliphatic rings. The third-order valence-electron chi connectivity index (χ3n) is 2.38. The summed E-state index contributed by atoms with van der Waals surface area (Å²) in [6.07, 6.45) is -4.12. The van der Waals surface area contributed by atoms with Gasteiger partial charge in [0.1, 0.15) is 0 Å². The van der Waals surface area contributed by atoms with Gasteiger partial charge in [-0.25, -0.2) is 0 Å². The van der Waals surface area contributed by atoms with Gasteiger partial charge in [0.15, 0.2) is 0 Å². The van der Waals surface area contributed by atoms with Crippen LogP contribution in [0.15, 0.2) is 15.9 Å². The highest BCUT2D eigenvalue weighted by molar-refractivity contribution is 9.10. The van der Waals surface area contributed by atoms with Crippen molar-refractivity contribution < 1.29 is 13.2 Å². The van der Waals surface area contributed by atoms with Gasteiger partial charge in [0.2, 0.25) is 0 Å². The molecule has 7 heteroatoms. The van der Waals surface area contributed by atoms with Crippen molar-refractivity contribution in [1.29, 1.82) is 0 Å². The first-order valence-electron chi connectivity index (χ1n) is 5.63. The molecule has 2 nitrogen and oxygen atoms in total. The predicted octanol–water partition coefficient (Wildman–Crippen LogP) is 3.48. The number of rotatable bonds is 7. The molecule has 0 aliphatic carbocycles. The summed E-state index contributed by atoms with van der Waals surface area (Å²) in [5.41, 5.74) is 0. The van der Waals surface area contributed by atoms with Crippen molar-refractivity contribution in [2.24, 2.45) is 0 Å². The number of nitrogens with one attached hydrogen (secondary N) is 1. The van der Waals surface area contributed by atoms with E-state index in [0.29, 0.717) is 26.2 Å². The molecule has 104 valence electrons. The summed E-state index contributed by atoms with van der Waals surface area (Å²) < 4.78 is 37.7. The van der Waals surface area contributed by atoms with Gasteiger partial charge in [0, 0.05) is 34.4 Å². The monoisotopic (exact) mass is 344 g/mol. The Labute approximate surface area is 117 Å². The van der Waals surface area contributed by atoms with Gasteiger partial charge in [-0.3, -0.25) is 4.90 Å². The molecule has 0 spiro atoms. The van der Waals surface area contributed by atoms with E-state index in [0.717, 1.165) is 4.47 Å². The minimum absolute atomic E-state index is 0.405. The second-order valence-corrected chi connectivity index (χ2v) is 5.80. The highest BCUT2D eigenvalue weighted by Gasteiger charge is 2.29. The van der Waals surface area contributed by atoms with Crippen molar-refractivity contribution in [1.82, 2.24) is 10.2 Å². The molecule has 0 bridgehead atoms. The van der Waals surface area contributed by atoms with Gasteiger partial charge >= 0.3 is 6.18 Å². The fourth-order valence-corrected chi connectivity index (χ4v) is 2.92. The zero-order valence-electron chi connectivity index (χ0n) is 10.1. The molecule has 1 aromatic rings. The van der Waals surface area contributed by atoms with Crippen molar-refractivity contribution in [3.05, 3.63) is 20.8 Å². The molecular formula is C11H16BrF3N2S. The van der Waals surface area contributed by atoms with Gasteiger partial charge in [-0.1, -0.05) is 6.92 Å². The summed E-state index contributed by atoms with van der Waals surface area (Å²) in [6.45, 7) is 2.96. The zero-order valence-corrected chi connectivity index (χ0v) is 12.5. The average Bonchev–Trinajstić information content (AvgIpc) is 2.67. The second kappa shape index (κ2) is 7.47. The average molecular weight is 345 g/mol. The minimum Gasteiger partial charge on any atom is -0.311 e. The van der Waals surface area contributed by atoms with Crippen LogP contribution in [0.3, 0.4) is 0 Å². The van der Waals surface area contributed by atoms with E-state index in [-0.39, 0.29) is 0 Å². The van der Waals surface area contributed by atoms with Crippen LogP contribution in [0, 0.1) is 0 Å². The molecule has 0 radical (unpaired) electrons. The Morgan fingerprint density at radius 1 is 1.44 bits per heavy atom. The fraction of sp³-hybridized carbons (Fsp3) is 0.636. The van der Waals surface area contributed by atoms with E-state index in [9.17, 15) is 13.2 Å². The van der Waals surface area contributed by atoms with Gasteiger partial charge in [-0.15, -0.1) is 11.3 Å². The summed E-state index contributed by atoms with van der Waals surface area (Å²) >= 11 is 4.98. The highest BCUT2D eigenvalue weighted by atomic mass is 79.9. The summed E-state index contributed by atoms with van der Waals surface area (Å²) in [6, 6.07) is 2.00. The van der Waals surface area contributed by atoms with Gasteiger partial charge in [0.25, 0.3) is 0 Å². The molecule has 0 fully saturated rings. The van der Waals surface area contributed by atoms with E-state index in [1.807, 2.05) is 11.4 Å². The van der Waals surface area contributed by atoms with E-state index in [1.54, 1.807) is 18.3 Å². The minimum atomic E-state index is -4.12. The molecule has 0 saturated carbocycles. The lowest BCUT2D eigenvalue weighted by molar-refractivity contribution is -0.145. The number of nitrogens with zero attached hydrogens (tertiary/aromatic N) is 1. The van der Waals surface area contributed by atoms with Crippen LogP contribution >= 0.6 is 27.3 Å². The molecule has 0 amide bonds. The maximum atomic E-state index is 12.2. The van der Waals surface area contributed by atoms with Crippen LogP contribution in [-0.2, 0) is 6.54 Å². The molecule has 18 heavy (non-hydrogen) atoms. The molecule has 1 heterocycles. The second-order valence-electron chi connectivity index (χ2n) is 3.89. The van der Waals surface area contributed by atoms with E-state index in [1.165, 1.54) is 9.78 Å².